The van der Waals surface area contributed by atoms with Crippen LogP contribution in [-0.4, -0.2) is 12.7 Å². The summed E-state index contributed by atoms with van der Waals surface area (Å²) in [6, 6.07) is 15.8. The van der Waals surface area contributed by atoms with Crippen molar-refractivity contribution in [2.75, 3.05) is 6.61 Å². The zero-order valence-electron chi connectivity index (χ0n) is 23.3. The highest BCUT2D eigenvalue weighted by molar-refractivity contribution is 5.71. The Hall–Kier alpha value is -2.85. The van der Waals surface area contributed by atoms with Gasteiger partial charge in [-0.05, 0) is 73.8 Å². The third kappa shape index (κ3) is 7.63. The van der Waals surface area contributed by atoms with Gasteiger partial charge in [0.15, 0.2) is 11.6 Å². The molecule has 1 saturated heterocycles. The molecule has 1 aliphatic rings. The number of ether oxygens (including phenoxy) is 1. The Morgan fingerprint density at radius 3 is 2.21 bits per heavy atom. The molecule has 3 aromatic rings. The van der Waals surface area contributed by atoms with Gasteiger partial charge in [-0.3, -0.25) is 0 Å². The molecule has 1 aliphatic heterocycles. The van der Waals surface area contributed by atoms with Crippen LogP contribution in [0.4, 0.5) is 13.2 Å². The van der Waals surface area contributed by atoms with Crippen LogP contribution in [0.5, 0.6) is 0 Å². The Bertz CT molecular complexity index is 1220. The van der Waals surface area contributed by atoms with Crippen molar-refractivity contribution in [2.45, 2.75) is 90.1 Å². The lowest BCUT2D eigenvalue weighted by atomic mass is 9.89. The molecular formula is C35H41F3O. The van der Waals surface area contributed by atoms with Gasteiger partial charge >= 0.3 is 0 Å². The fourth-order valence-corrected chi connectivity index (χ4v) is 5.52. The van der Waals surface area contributed by atoms with E-state index in [9.17, 15) is 8.78 Å². The van der Waals surface area contributed by atoms with Gasteiger partial charge in [0.05, 0.1) is 12.7 Å². The van der Waals surface area contributed by atoms with Gasteiger partial charge in [-0.15, -0.1) is 0 Å². The SMILES string of the molecule is C/C=C/CCC1CCC(c2ccc(-c3ccc(-c4ccc(CCCCCCC)c(F)c4F)cc3)c(F)c2)CO1. The molecule has 2 atom stereocenters. The normalized spacial score (nSPS) is 17.7. The molecule has 0 aromatic heterocycles. The van der Waals surface area contributed by atoms with Crippen molar-refractivity contribution in [3.05, 3.63) is 95.3 Å². The number of aryl methyl sites for hydroxylation is 1. The van der Waals surface area contributed by atoms with E-state index in [1.165, 1.54) is 6.42 Å². The largest absolute Gasteiger partial charge is 0.378 e. The van der Waals surface area contributed by atoms with Gasteiger partial charge in [0.1, 0.15) is 5.82 Å². The van der Waals surface area contributed by atoms with E-state index in [0.717, 1.165) is 56.9 Å². The summed E-state index contributed by atoms with van der Waals surface area (Å²) in [5.74, 6) is -1.66. The van der Waals surface area contributed by atoms with Crippen molar-refractivity contribution in [2.24, 2.45) is 0 Å². The molecule has 39 heavy (non-hydrogen) atoms. The number of rotatable bonds is 12. The molecule has 4 heteroatoms. The molecule has 0 saturated carbocycles. The minimum atomic E-state index is -0.817. The summed E-state index contributed by atoms with van der Waals surface area (Å²) in [5.41, 5.74) is 3.39. The van der Waals surface area contributed by atoms with Crippen molar-refractivity contribution >= 4 is 0 Å². The number of hydrogen-bond donors (Lipinski definition) is 0. The molecule has 0 radical (unpaired) electrons. The van der Waals surface area contributed by atoms with Gasteiger partial charge in [0, 0.05) is 17.0 Å². The molecule has 0 bridgehead atoms. The van der Waals surface area contributed by atoms with Gasteiger partial charge in [-0.1, -0.05) is 93.3 Å². The molecule has 1 heterocycles. The Kier molecular flexibility index (Phi) is 10.8. The Balaban J connectivity index is 1.40. The van der Waals surface area contributed by atoms with E-state index >= 15 is 4.39 Å². The summed E-state index contributed by atoms with van der Waals surface area (Å²) >= 11 is 0. The van der Waals surface area contributed by atoms with E-state index in [1.54, 1.807) is 42.5 Å². The minimum absolute atomic E-state index is 0.200. The Labute approximate surface area is 232 Å². The summed E-state index contributed by atoms with van der Waals surface area (Å²) in [4.78, 5) is 0. The molecule has 208 valence electrons. The lowest BCUT2D eigenvalue weighted by Gasteiger charge is -2.29. The van der Waals surface area contributed by atoms with Crippen LogP contribution >= 0.6 is 0 Å². The zero-order chi connectivity index (χ0) is 27.6. The maximum atomic E-state index is 15.2. The third-order valence-corrected chi connectivity index (χ3v) is 7.94. The summed E-state index contributed by atoms with van der Waals surface area (Å²) in [7, 11) is 0. The molecule has 1 fully saturated rings. The molecule has 0 spiro atoms. The average Bonchev–Trinajstić information content (AvgIpc) is 2.96. The highest BCUT2D eigenvalue weighted by atomic mass is 19.2. The molecular weight excluding hydrogens is 493 g/mol. The molecule has 0 amide bonds. The minimum Gasteiger partial charge on any atom is -0.378 e. The number of hydrogen-bond acceptors (Lipinski definition) is 1. The second-order valence-corrected chi connectivity index (χ2v) is 10.8. The first-order chi connectivity index (χ1) is 19.0. The quantitative estimate of drug-likeness (QED) is 0.166. The fraction of sp³-hybridized carbons (Fsp3) is 0.429. The van der Waals surface area contributed by atoms with Gasteiger partial charge in [-0.25, -0.2) is 13.2 Å². The van der Waals surface area contributed by atoms with Crippen LogP contribution in [0, 0.1) is 17.5 Å². The lowest BCUT2D eigenvalue weighted by Crippen LogP contribution is -2.24. The lowest BCUT2D eigenvalue weighted by molar-refractivity contribution is -0.000225. The van der Waals surface area contributed by atoms with Crippen LogP contribution < -0.4 is 0 Å². The first-order valence-electron chi connectivity index (χ1n) is 14.6. The van der Waals surface area contributed by atoms with E-state index in [0.29, 0.717) is 35.3 Å². The zero-order valence-corrected chi connectivity index (χ0v) is 23.3. The summed E-state index contributed by atoms with van der Waals surface area (Å²) in [6.45, 7) is 4.80. The smallest absolute Gasteiger partial charge is 0.166 e. The molecule has 2 unspecified atom stereocenters. The third-order valence-electron chi connectivity index (χ3n) is 7.94. The topological polar surface area (TPSA) is 9.23 Å². The molecule has 1 nitrogen and oxygen atoms in total. The van der Waals surface area contributed by atoms with Crippen molar-refractivity contribution in [1.29, 1.82) is 0 Å². The fourth-order valence-electron chi connectivity index (χ4n) is 5.52. The molecule has 4 rings (SSSR count). The first kappa shape index (κ1) is 29.1. The average molecular weight is 535 g/mol. The highest BCUT2D eigenvalue weighted by Crippen LogP contribution is 2.34. The molecule has 0 N–H and O–H groups in total. The van der Waals surface area contributed by atoms with Crippen molar-refractivity contribution in [3.63, 3.8) is 0 Å². The maximum absolute atomic E-state index is 15.2. The van der Waals surface area contributed by atoms with Crippen LogP contribution in [0.15, 0.2) is 66.7 Å². The van der Waals surface area contributed by atoms with E-state index in [1.807, 2.05) is 19.1 Å². The highest BCUT2D eigenvalue weighted by Gasteiger charge is 2.23. The van der Waals surface area contributed by atoms with Crippen LogP contribution in [0.25, 0.3) is 22.3 Å². The number of halogens is 3. The van der Waals surface area contributed by atoms with Crippen LogP contribution in [0.1, 0.15) is 88.7 Å². The summed E-state index contributed by atoms with van der Waals surface area (Å²) in [5, 5.41) is 0. The van der Waals surface area contributed by atoms with Gasteiger partial charge in [0.25, 0.3) is 0 Å². The second-order valence-electron chi connectivity index (χ2n) is 10.8. The molecule has 3 aromatic carbocycles. The van der Waals surface area contributed by atoms with Gasteiger partial charge in [0.2, 0.25) is 0 Å². The van der Waals surface area contributed by atoms with Crippen LogP contribution in [0.2, 0.25) is 0 Å². The van der Waals surface area contributed by atoms with Gasteiger partial charge < -0.3 is 4.74 Å². The van der Waals surface area contributed by atoms with Crippen LogP contribution in [0.3, 0.4) is 0 Å². The van der Waals surface area contributed by atoms with E-state index in [2.05, 4.69) is 19.1 Å². The Morgan fingerprint density at radius 2 is 1.54 bits per heavy atom. The van der Waals surface area contributed by atoms with Crippen LogP contribution in [-0.2, 0) is 11.2 Å². The Morgan fingerprint density at radius 1 is 0.821 bits per heavy atom. The van der Waals surface area contributed by atoms with Crippen molar-refractivity contribution in [1.82, 2.24) is 0 Å². The van der Waals surface area contributed by atoms with Crippen molar-refractivity contribution < 1.29 is 17.9 Å². The van der Waals surface area contributed by atoms with Gasteiger partial charge in [-0.2, -0.15) is 0 Å². The second kappa shape index (κ2) is 14.5. The summed E-state index contributed by atoms with van der Waals surface area (Å²) in [6.07, 6.45) is 14.4. The van der Waals surface area contributed by atoms with E-state index in [4.69, 9.17) is 4.74 Å². The standard InChI is InChI=1S/C35H41F3O/c1-3-5-7-8-10-11-27-18-22-32(35(38)34(27)37)26-15-13-25(14-16-26)31-21-19-28(23-33(31)36)29-17-20-30(39-24-29)12-9-6-4-2/h4,6,13-16,18-19,21-23,29-30H,3,5,7-12,17,20,24H2,1-2H3/b6-4+. The number of allylic oxidation sites excluding steroid dienone is 2. The summed E-state index contributed by atoms with van der Waals surface area (Å²) < 4.78 is 50.9. The number of unbranched alkanes of at least 4 members (excludes halogenated alkanes) is 4. The predicted octanol–water partition coefficient (Wildman–Crippen LogP) is 10.6. The number of benzene rings is 3. The van der Waals surface area contributed by atoms with E-state index in [-0.39, 0.29) is 23.4 Å². The van der Waals surface area contributed by atoms with Crippen molar-refractivity contribution in [3.8, 4) is 22.3 Å². The van der Waals surface area contributed by atoms with E-state index < -0.39 is 11.6 Å². The first-order valence-corrected chi connectivity index (χ1v) is 14.6. The predicted molar refractivity (Wildman–Crippen MR) is 155 cm³/mol. The maximum Gasteiger partial charge on any atom is 0.166 e. The molecule has 0 aliphatic carbocycles. The monoisotopic (exact) mass is 534 g/mol.